The lowest BCUT2D eigenvalue weighted by Gasteiger charge is -2.10. The molecular formula is C15H22N2O. The van der Waals surface area contributed by atoms with Gasteiger partial charge in [0.25, 0.3) is 0 Å². The quantitative estimate of drug-likeness (QED) is 0.757. The van der Waals surface area contributed by atoms with Gasteiger partial charge in [0.1, 0.15) is 0 Å². The minimum atomic E-state index is 0.231. The molecule has 1 atom stereocenters. The van der Waals surface area contributed by atoms with Crippen LogP contribution in [0.4, 0.5) is 0 Å². The molecule has 1 heterocycles. The number of carbonyl (C=O) groups excluding carboxylic acids is 1. The molecule has 1 aromatic carbocycles. The highest BCUT2D eigenvalue weighted by Crippen LogP contribution is 2.16. The Balaban J connectivity index is 1.83. The van der Waals surface area contributed by atoms with Crippen molar-refractivity contribution in [3.63, 3.8) is 0 Å². The van der Waals surface area contributed by atoms with Gasteiger partial charge in [-0.05, 0) is 37.8 Å². The molecule has 0 aromatic heterocycles. The van der Waals surface area contributed by atoms with Crippen LogP contribution in [0.1, 0.15) is 48.0 Å². The minimum Gasteiger partial charge on any atom is -0.326 e. The maximum atomic E-state index is 12.1. The third-order valence-corrected chi connectivity index (χ3v) is 3.66. The van der Waals surface area contributed by atoms with E-state index in [4.69, 9.17) is 5.73 Å². The molecule has 2 rings (SSSR count). The molecule has 1 unspecified atom stereocenters. The number of nitrogens with one attached hydrogen (secondary N) is 1. The largest absolute Gasteiger partial charge is 0.326 e. The number of hydrogen-bond acceptors (Lipinski definition) is 3. The predicted octanol–water partition coefficient (Wildman–Crippen LogP) is 2.25. The molecule has 98 valence electrons. The first-order chi connectivity index (χ1) is 8.81. The summed E-state index contributed by atoms with van der Waals surface area (Å²) in [5.41, 5.74) is 7.42. The lowest BCUT2D eigenvalue weighted by Crippen LogP contribution is -2.21. The molecule has 0 aliphatic carbocycles. The predicted molar refractivity (Wildman–Crippen MR) is 73.5 cm³/mol. The maximum Gasteiger partial charge on any atom is 0.163 e. The van der Waals surface area contributed by atoms with Gasteiger partial charge in [-0.3, -0.25) is 4.79 Å². The molecule has 3 nitrogen and oxygen atoms in total. The van der Waals surface area contributed by atoms with Crippen molar-refractivity contribution in [3.05, 3.63) is 35.4 Å². The number of Topliss-reactive ketones (excluding diaryl/α,β-unsaturated/α-hetero) is 1. The standard InChI is InChI=1S/C15H22N2O/c16-11-12-5-1-2-8-14(12)15(18)9-3-6-13-7-4-10-17-13/h1-2,5,8,13,17H,3-4,6-7,9-11,16H2. The van der Waals surface area contributed by atoms with Gasteiger partial charge in [-0.25, -0.2) is 0 Å². The van der Waals surface area contributed by atoms with Gasteiger partial charge in [0, 0.05) is 24.6 Å². The first-order valence-electron chi connectivity index (χ1n) is 6.86. The Morgan fingerprint density at radius 2 is 2.22 bits per heavy atom. The van der Waals surface area contributed by atoms with Gasteiger partial charge in [-0.15, -0.1) is 0 Å². The van der Waals surface area contributed by atoms with Crippen LogP contribution < -0.4 is 11.1 Å². The molecule has 0 spiro atoms. The zero-order chi connectivity index (χ0) is 12.8. The molecule has 0 amide bonds. The van der Waals surface area contributed by atoms with Crippen LogP contribution >= 0.6 is 0 Å². The van der Waals surface area contributed by atoms with E-state index in [-0.39, 0.29) is 5.78 Å². The normalized spacial score (nSPS) is 19.1. The van der Waals surface area contributed by atoms with Crippen molar-refractivity contribution >= 4 is 5.78 Å². The van der Waals surface area contributed by atoms with E-state index in [9.17, 15) is 4.79 Å². The van der Waals surface area contributed by atoms with E-state index in [1.54, 1.807) is 0 Å². The second kappa shape index (κ2) is 6.66. The minimum absolute atomic E-state index is 0.231. The van der Waals surface area contributed by atoms with Gasteiger partial charge in [0.2, 0.25) is 0 Å². The van der Waals surface area contributed by atoms with Crippen LogP contribution in [-0.4, -0.2) is 18.4 Å². The summed E-state index contributed by atoms with van der Waals surface area (Å²) in [4.78, 5) is 12.1. The summed E-state index contributed by atoms with van der Waals surface area (Å²) in [7, 11) is 0. The number of nitrogens with two attached hydrogens (primary N) is 1. The molecule has 3 heteroatoms. The zero-order valence-corrected chi connectivity index (χ0v) is 10.8. The molecule has 0 radical (unpaired) electrons. The maximum absolute atomic E-state index is 12.1. The third kappa shape index (κ3) is 3.40. The van der Waals surface area contributed by atoms with Crippen molar-refractivity contribution in [1.29, 1.82) is 0 Å². The number of ketones is 1. The van der Waals surface area contributed by atoms with E-state index in [0.717, 1.165) is 30.5 Å². The van der Waals surface area contributed by atoms with Crippen molar-refractivity contribution in [2.75, 3.05) is 6.54 Å². The van der Waals surface area contributed by atoms with Gasteiger partial charge in [0.05, 0.1) is 0 Å². The number of rotatable bonds is 6. The highest BCUT2D eigenvalue weighted by Gasteiger charge is 2.15. The molecule has 1 fully saturated rings. The monoisotopic (exact) mass is 246 g/mol. The topological polar surface area (TPSA) is 55.1 Å². The Kier molecular flexibility index (Phi) is 4.90. The van der Waals surface area contributed by atoms with Gasteiger partial charge in [0.15, 0.2) is 5.78 Å². The van der Waals surface area contributed by atoms with Gasteiger partial charge >= 0.3 is 0 Å². The van der Waals surface area contributed by atoms with E-state index in [1.165, 1.54) is 12.8 Å². The number of carbonyl (C=O) groups is 1. The zero-order valence-electron chi connectivity index (χ0n) is 10.8. The molecule has 1 aromatic rings. The van der Waals surface area contributed by atoms with Crippen molar-refractivity contribution in [2.24, 2.45) is 5.73 Å². The second-order valence-electron chi connectivity index (χ2n) is 4.97. The SMILES string of the molecule is NCc1ccccc1C(=O)CCCC1CCCN1. The summed E-state index contributed by atoms with van der Waals surface area (Å²) >= 11 is 0. The van der Waals surface area contributed by atoms with Crippen LogP contribution in [0.2, 0.25) is 0 Å². The van der Waals surface area contributed by atoms with E-state index >= 15 is 0 Å². The first kappa shape index (κ1) is 13.2. The van der Waals surface area contributed by atoms with Crippen LogP contribution in [0, 0.1) is 0 Å². The fraction of sp³-hybridized carbons (Fsp3) is 0.533. The van der Waals surface area contributed by atoms with Crippen molar-refractivity contribution in [2.45, 2.75) is 44.7 Å². The summed E-state index contributed by atoms with van der Waals surface area (Å²) < 4.78 is 0. The summed E-state index contributed by atoms with van der Waals surface area (Å²) in [5, 5.41) is 3.46. The average Bonchev–Trinajstić information content (AvgIpc) is 2.91. The Labute approximate surface area is 109 Å². The number of hydrogen-bond donors (Lipinski definition) is 2. The molecule has 1 saturated heterocycles. The van der Waals surface area contributed by atoms with E-state index in [0.29, 0.717) is 19.0 Å². The van der Waals surface area contributed by atoms with Crippen LogP contribution in [0.15, 0.2) is 24.3 Å². The summed E-state index contributed by atoms with van der Waals surface area (Å²) in [6.45, 7) is 1.57. The van der Waals surface area contributed by atoms with E-state index < -0.39 is 0 Å². The van der Waals surface area contributed by atoms with Crippen molar-refractivity contribution in [1.82, 2.24) is 5.32 Å². The van der Waals surface area contributed by atoms with Crippen LogP contribution in [-0.2, 0) is 6.54 Å². The summed E-state index contributed by atoms with van der Waals surface area (Å²) in [6.07, 6.45) is 5.24. The van der Waals surface area contributed by atoms with Crippen LogP contribution in [0.3, 0.4) is 0 Å². The van der Waals surface area contributed by atoms with E-state index in [2.05, 4.69) is 5.32 Å². The second-order valence-corrected chi connectivity index (χ2v) is 4.97. The third-order valence-electron chi connectivity index (χ3n) is 3.66. The smallest absolute Gasteiger partial charge is 0.163 e. The average molecular weight is 246 g/mol. The highest BCUT2D eigenvalue weighted by molar-refractivity contribution is 5.97. The van der Waals surface area contributed by atoms with Gasteiger partial charge in [-0.1, -0.05) is 24.3 Å². The Bertz CT molecular complexity index is 397. The van der Waals surface area contributed by atoms with Gasteiger partial charge < -0.3 is 11.1 Å². The summed E-state index contributed by atoms with van der Waals surface area (Å²) in [6, 6.07) is 8.29. The molecule has 18 heavy (non-hydrogen) atoms. The number of benzene rings is 1. The Hall–Kier alpha value is -1.19. The Morgan fingerprint density at radius 3 is 2.94 bits per heavy atom. The molecule has 0 saturated carbocycles. The molecule has 1 aliphatic heterocycles. The molecular weight excluding hydrogens is 224 g/mol. The van der Waals surface area contributed by atoms with E-state index in [1.807, 2.05) is 24.3 Å². The lowest BCUT2D eigenvalue weighted by molar-refractivity contribution is 0.0977. The molecule has 3 N–H and O–H groups in total. The molecule has 0 bridgehead atoms. The first-order valence-corrected chi connectivity index (χ1v) is 6.86. The van der Waals surface area contributed by atoms with Crippen molar-refractivity contribution < 1.29 is 4.79 Å². The fourth-order valence-corrected chi connectivity index (χ4v) is 2.62. The van der Waals surface area contributed by atoms with Crippen LogP contribution in [0.5, 0.6) is 0 Å². The summed E-state index contributed by atoms with van der Waals surface area (Å²) in [5.74, 6) is 0.231. The highest BCUT2D eigenvalue weighted by atomic mass is 16.1. The lowest BCUT2D eigenvalue weighted by atomic mass is 9.98. The van der Waals surface area contributed by atoms with Crippen LogP contribution in [0.25, 0.3) is 0 Å². The van der Waals surface area contributed by atoms with Crippen molar-refractivity contribution in [3.8, 4) is 0 Å². The fourth-order valence-electron chi connectivity index (χ4n) is 2.62. The van der Waals surface area contributed by atoms with Gasteiger partial charge in [-0.2, -0.15) is 0 Å². The molecule has 1 aliphatic rings. The Morgan fingerprint density at radius 1 is 1.39 bits per heavy atom.